The van der Waals surface area contributed by atoms with E-state index in [1.165, 1.54) is 6.42 Å². The summed E-state index contributed by atoms with van der Waals surface area (Å²) >= 11 is 0. The van der Waals surface area contributed by atoms with Gasteiger partial charge in [0, 0.05) is 5.41 Å². The second-order valence-corrected chi connectivity index (χ2v) is 7.86. The van der Waals surface area contributed by atoms with Gasteiger partial charge in [0.1, 0.15) is 0 Å². The molecule has 0 aliphatic heterocycles. The SMILES string of the molecule is CC.CCC(C)(C)C(=O)NS(=O)(=O)Nc1ccccc1.CCC(C)C. The van der Waals surface area contributed by atoms with Crippen LogP contribution in [-0.2, 0) is 15.0 Å². The Labute approximate surface area is 154 Å². The van der Waals surface area contributed by atoms with Crippen LogP contribution in [-0.4, -0.2) is 14.3 Å². The smallest absolute Gasteiger partial charge is 0.273 e. The summed E-state index contributed by atoms with van der Waals surface area (Å²) < 4.78 is 27.8. The van der Waals surface area contributed by atoms with Crippen molar-refractivity contribution in [2.45, 2.75) is 68.2 Å². The molecule has 0 aromatic heterocycles. The van der Waals surface area contributed by atoms with Crippen LogP contribution in [0.1, 0.15) is 68.2 Å². The first kappa shape index (κ1) is 25.7. The van der Waals surface area contributed by atoms with Crippen LogP contribution < -0.4 is 9.44 Å². The third kappa shape index (κ3) is 12.5. The summed E-state index contributed by atoms with van der Waals surface area (Å²) in [6.07, 6.45) is 1.86. The molecule has 0 bridgehead atoms. The van der Waals surface area contributed by atoms with E-state index < -0.39 is 21.5 Å². The quantitative estimate of drug-likeness (QED) is 0.740. The number of hydrogen-bond acceptors (Lipinski definition) is 3. The third-order valence-electron chi connectivity index (χ3n) is 3.57. The predicted molar refractivity (Wildman–Crippen MR) is 108 cm³/mol. The number of amides is 1. The summed E-state index contributed by atoms with van der Waals surface area (Å²) in [4.78, 5) is 11.8. The first-order valence-electron chi connectivity index (χ1n) is 8.94. The zero-order valence-corrected chi connectivity index (χ0v) is 17.8. The lowest BCUT2D eigenvalue weighted by molar-refractivity contribution is -0.127. The van der Waals surface area contributed by atoms with E-state index in [9.17, 15) is 13.2 Å². The van der Waals surface area contributed by atoms with E-state index in [0.717, 1.165) is 5.92 Å². The molecule has 1 amide bonds. The Bertz CT molecular complexity index is 568. The fourth-order valence-electron chi connectivity index (χ4n) is 1.11. The summed E-state index contributed by atoms with van der Waals surface area (Å²) in [6, 6.07) is 8.39. The van der Waals surface area contributed by atoms with E-state index in [0.29, 0.717) is 12.1 Å². The monoisotopic (exact) mass is 372 g/mol. The number of rotatable bonds is 6. The molecule has 0 saturated carbocycles. The largest absolute Gasteiger partial charge is 0.323 e. The lowest BCUT2D eigenvalue weighted by Gasteiger charge is -2.21. The average molecular weight is 373 g/mol. The second-order valence-electron chi connectivity index (χ2n) is 6.44. The van der Waals surface area contributed by atoms with Crippen LogP contribution in [0, 0.1) is 11.3 Å². The molecule has 25 heavy (non-hydrogen) atoms. The molecule has 0 radical (unpaired) electrons. The summed E-state index contributed by atoms with van der Waals surface area (Å²) in [7, 11) is -3.88. The maximum absolute atomic E-state index is 11.8. The van der Waals surface area contributed by atoms with Crippen molar-refractivity contribution < 1.29 is 13.2 Å². The van der Waals surface area contributed by atoms with E-state index in [2.05, 4.69) is 25.5 Å². The molecule has 1 aromatic carbocycles. The van der Waals surface area contributed by atoms with E-state index >= 15 is 0 Å². The molecule has 5 nitrogen and oxygen atoms in total. The van der Waals surface area contributed by atoms with Gasteiger partial charge in [-0.3, -0.25) is 9.52 Å². The molecule has 146 valence electrons. The van der Waals surface area contributed by atoms with Crippen LogP contribution in [0.25, 0.3) is 0 Å². The highest BCUT2D eigenvalue weighted by Gasteiger charge is 2.28. The Balaban J connectivity index is 0. The number of carbonyl (C=O) groups excluding carboxylic acids is 1. The molecular weight excluding hydrogens is 336 g/mol. The van der Waals surface area contributed by atoms with Gasteiger partial charge in [0.05, 0.1) is 5.69 Å². The first-order chi connectivity index (χ1) is 11.5. The van der Waals surface area contributed by atoms with Gasteiger partial charge in [-0.1, -0.05) is 80.0 Å². The fourth-order valence-corrected chi connectivity index (χ4v) is 2.13. The Hall–Kier alpha value is -1.56. The minimum absolute atomic E-state index is 0.409. The van der Waals surface area contributed by atoms with Crippen molar-refractivity contribution in [3.05, 3.63) is 30.3 Å². The molecule has 1 rings (SSSR count). The molecule has 0 aliphatic rings. The van der Waals surface area contributed by atoms with Gasteiger partial charge in [-0.25, -0.2) is 4.72 Å². The Kier molecular flexibility index (Phi) is 13.1. The van der Waals surface area contributed by atoms with Crippen molar-refractivity contribution >= 4 is 21.8 Å². The van der Waals surface area contributed by atoms with Gasteiger partial charge in [0.25, 0.3) is 0 Å². The highest BCUT2D eigenvalue weighted by atomic mass is 32.2. The Morgan fingerprint density at radius 3 is 1.88 bits per heavy atom. The van der Waals surface area contributed by atoms with E-state index in [4.69, 9.17) is 0 Å². The van der Waals surface area contributed by atoms with Crippen LogP contribution >= 0.6 is 0 Å². The first-order valence-corrected chi connectivity index (χ1v) is 10.4. The second kappa shape index (κ2) is 12.8. The van der Waals surface area contributed by atoms with Crippen molar-refractivity contribution in [3.8, 4) is 0 Å². The molecule has 0 fully saturated rings. The van der Waals surface area contributed by atoms with Crippen molar-refractivity contribution in [2.24, 2.45) is 11.3 Å². The maximum Gasteiger partial charge on any atom is 0.323 e. The standard InChI is InChI=1S/C12H18N2O3S.C5H12.C2H6/c1-4-12(2,3)11(15)14-18(16,17)13-10-8-6-5-7-9-10;1-4-5(2)3;1-2/h5-9,13H,4H2,1-3H3,(H,14,15);5H,4H2,1-3H3;1-2H3. The highest BCUT2D eigenvalue weighted by molar-refractivity contribution is 7.91. The van der Waals surface area contributed by atoms with Crippen LogP contribution in [0.5, 0.6) is 0 Å². The molecule has 0 heterocycles. The van der Waals surface area contributed by atoms with Gasteiger partial charge in [-0.05, 0) is 24.5 Å². The van der Waals surface area contributed by atoms with Gasteiger partial charge >= 0.3 is 10.2 Å². The molecule has 0 spiro atoms. The topological polar surface area (TPSA) is 75.3 Å². The highest BCUT2D eigenvalue weighted by Crippen LogP contribution is 2.20. The zero-order valence-electron chi connectivity index (χ0n) is 17.0. The Morgan fingerprint density at radius 2 is 1.52 bits per heavy atom. The van der Waals surface area contributed by atoms with Gasteiger partial charge in [-0.15, -0.1) is 0 Å². The number of nitrogens with one attached hydrogen (secondary N) is 2. The molecule has 6 heteroatoms. The molecule has 0 aliphatic carbocycles. The molecule has 1 aromatic rings. The van der Waals surface area contributed by atoms with E-state index in [1.54, 1.807) is 44.2 Å². The Morgan fingerprint density at radius 1 is 1.08 bits per heavy atom. The summed E-state index contributed by atoms with van der Waals surface area (Å²) in [6.45, 7) is 15.9. The lowest BCUT2D eigenvalue weighted by Crippen LogP contribution is -2.42. The lowest BCUT2D eigenvalue weighted by atomic mass is 9.90. The molecule has 2 N–H and O–H groups in total. The number of benzene rings is 1. The summed E-state index contributed by atoms with van der Waals surface area (Å²) in [5, 5.41) is 0. The number of anilines is 1. The van der Waals surface area contributed by atoms with Crippen LogP contribution in [0.4, 0.5) is 5.69 Å². The minimum atomic E-state index is -3.88. The average Bonchev–Trinajstić information content (AvgIpc) is 2.57. The molecule has 0 saturated heterocycles. The third-order valence-corrected chi connectivity index (χ3v) is 4.53. The normalized spacial score (nSPS) is 10.8. The summed E-state index contributed by atoms with van der Waals surface area (Å²) in [5.41, 5.74) is -0.307. The number of para-hydroxylation sites is 1. The zero-order chi connectivity index (χ0) is 20.1. The van der Waals surface area contributed by atoms with Crippen molar-refractivity contribution in [1.82, 2.24) is 4.72 Å². The maximum atomic E-state index is 11.8. The van der Waals surface area contributed by atoms with Gasteiger partial charge in [0.15, 0.2) is 0 Å². The van der Waals surface area contributed by atoms with Crippen LogP contribution in [0.2, 0.25) is 0 Å². The van der Waals surface area contributed by atoms with Crippen LogP contribution in [0.3, 0.4) is 0 Å². The van der Waals surface area contributed by atoms with Gasteiger partial charge in [-0.2, -0.15) is 8.42 Å². The molecule has 0 atom stereocenters. The molecular formula is C19H36N2O3S. The van der Waals surface area contributed by atoms with E-state index in [-0.39, 0.29) is 0 Å². The van der Waals surface area contributed by atoms with E-state index in [1.807, 2.05) is 25.5 Å². The number of hydrogen-bond donors (Lipinski definition) is 2. The minimum Gasteiger partial charge on any atom is -0.273 e. The molecule has 0 unspecified atom stereocenters. The predicted octanol–water partition coefficient (Wildman–Crippen LogP) is 4.97. The van der Waals surface area contributed by atoms with Gasteiger partial charge < -0.3 is 0 Å². The van der Waals surface area contributed by atoms with Crippen molar-refractivity contribution in [3.63, 3.8) is 0 Å². The van der Waals surface area contributed by atoms with Crippen molar-refractivity contribution in [1.29, 1.82) is 0 Å². The van der Waals surface area contributed by atoms with Crippen molar-refractivity contribution in [2.75, 3.05) is 4.72 Å². The van der Waals surface area contributed by atoms with Gasteiger partial charge in [0.2, 0.25) is 5.91 Å². The number of carbonyl (C=O) groups is 1. The van der Waals surface area contributed by atoms with Crippen LogP contribution in [0.15, 0.2) is 30.3 Å². The fraction of sp³-hybridized carbons (Fsp3) is 0.632. The summed E-state index contributed by atoms with van der Waals surface area (Å²) in [5.74, 6) is 0.364.